The molecule has 0 saturated carbocycles. The minimum atomic E-state index is -3.98. The summed E-state index contributed by atoms with van der Waals surface area (Å²) in [7, 11) is -3.98. The molecule has 0 atom stereocenters. The topological polar surface area (TPSA) is 132 Å². The third-order valence-corrected chi connectivity index (χ3v) is 8.02. The molecule has 3 aromatic carbocycles. The third kappa shape index (κ3) is 5.89. The molecular formula is C27H20Cl2F3N5O4S. The number of carbonyl (C=O) groups excluding carboxylic acids is 1. The molecule has 9 nitrogen and oxygen atoms in total. The van der Waals surface area contributed by atoms with E-state index in [1.165, 1.54) is 48.7 Å². The number of hydrogen-bond donors (Lipinski definition) is 3. The van der Waals surface area contributed by atoms with Crippen LogP contribution < -0.4 is 15.2 Å². The van der Waals surface area contributed by atoms with Crippen molar-refractivity contribution in [2.45, 2.75) is 6.42 Å². The average molecular weight is 638 g/mol. The van der Waals surface area contributed by atoms with Crippen LogP contribution in [0.2, 0.25) is 10.0 Å². The molecule has 4 N–H and O–H groups in total. The summed E-state index contributed by atoms with van der Waals surface area (Å²) in [4.78, 5) is 16.2. The van der Waals surface area contributed by atoms with Gasteiger partial charge in [-0.3, -0.25) is 13.9 Å². The zero-order valence-electron chi connectivity index (χ0n) is 21.3. The van der Waals surface area contributed by atoms with E-state index in [-0.39, 0.29) is 67.3 Å². The van der Waals surface area contributed by atoms with Crippen LogP contribution in [0.4, 0.5) is 24.7 Å². The number of H-pyrrole nitrogens is 1. The number of hydrogen-bond acceptors (Lipinski definition) is 6. The molecule has 0 aliphatic rings. The van der Waals surface area contributed by atoms with E-state index in [9.17, 15) is 26.4 Å². The number of halogens is 5. The zero-order chi connectivity index (χ0) is 30.2. The summed E-state index contributed by atoms with van der Waals surface area (Å²) in [6, 6.07) is 12.1. The van der Waals surface area contributed by atoms with Crippen molar-refractivity contribution in [3.8, 4) is 17.2 Å². The Balaban J connectivity index is 1.42. The van der Waals surface area contributed by atoms with Crippen molar-refractivity contribution in [1.82, 2.24) is 14.8 Å². The van der Waals surface area contributed by atoms with Gasteiger partial charge in [-0.05, 0) is 36.8 Å². The Kier molecular flexibility index (Phi) is 8.08. The van der Waals surface area contributed by atoms with Crippen molar-refractivity contribution in [1.29, 1.82) is 0 Å². The molecule has 0 aliphatic heterocycles. The first-order valence-corrected chi connectivity index (χ1v) is 14.6. The van der Waals surface area contributed by atoms with E-state index < -0.39 is 39.9 Å². The highest BCUT2D eigenvalue weighted by atomic mass is 35.5. The monoisotopic (exact) mass is 637 g/mol. The van der Waals surface area contributed by atoms with E-state index in [1.807, 2.05) is 0 Å². The van der Waals surface area contributed by atoms with Crippen LogP contribution in [0, 0.1) is 11.6 Å². The summed E-state index contributed by atoms with van der Waals surface area (Å²) < 4.78 is 74.0. The maximum atomic E-state index is 14.6. The quantitative estimate of drug-likeness (QED) is 0.147. The summed E-state index contributed by atoms with van der Waals surface area (Å²) >= 11 is 12.9. The number of ether oxygens (including phenoxy) is 1. The predicted octanol–water partition coefficient (Wildman–Crippen LogP) is 6.65. The second-order valence-electron chi connectivity index (χ2n) is 9.02. The molecule has 2 aromatic heterocycles. The Labute approximate surface area is 247 Å². The van der Waals surface area contributed by atoms with Crippen LogP contribution in [0.15, 0.2) is 60.8 Å². The van der Waals surface area contributed by atoms with E-state index in [1.54, 1.807) is 6.07 Å². The van der Waals surface area contributed by atoms with Gasteiger partial charge in [-0.2, -0.15) is 5.10 Å². The highest BCUT2D eigenvalue weighted by Crippen LogP contribution is 2.37. The Hall–Kier alpha value is -4.20. The first-order chi connectivity index (χ1) is 20.0. The number of alkyl halides is 1. The number of carbonyl (C=O) groups is 1. The lowest BCUT2D eigenvalue weighted by Gasteiger charge is -2.13. The number of nitrogens with zero attached hydrogens (tertiary/aromatic N) is 2. The van der Waals surface area contributed by atoms with Gasteiger partial charge in [-0.1, -0.05) is 35.3 Å². The number of anilines is 2. The zero-order valence-corrected chi connectivity index (χ0v) is 23.6. The lowest BCUT2D eigenvalue weighted by atomic mass is 10.1. The molecule has 5 aromatic rings. The fraction of sp³-hybridized carbons (Fsp3) is 0.111. The van der Waals surface area contributed by atoms with Crippen LogP contribution in [-0.2, 0) is 10.0 Å². The molecule has 5 rings (SSSR count). The fourth-order valence-corrected chi connectivity index (χ4v) is 5.84. The van der Waals surface area contributed by atoms with E-state index >= 15 is 0 Å². The largest absolute Gasteiger partial charge is 0.454 e. The minimum absolute atomic E-state index is 0.0129. The van der Waals surface area contributed by atoms with Gasteiger partial charge in [0.25, 0.3) is 0 Å². The predicted molar refractivity (Wildman–Crippen MR) is 154 cm³/mol. The van der Waals surface area contributed by atoms with Gasteiger partial charge in [-0.15, -0.1) is 0 Å². The van der Waals surface area contributed by atoms with Crippen LogP contribution in [0.25, 0.3) is 16.6 Å². The second-order valence-corrected chi connectivity index (χ2v) is 11.7. The molecule has 15 heteroatoms. The second kappa shape index (κ2) is 11.6. The summed E-state index contributed by atoms with van der Waals surface area (Å²) in [6.07, 6.45) is 0.960. The highest BCUT2D eigenvalue weighted by Gasteiger charge is 2.23. The number of nitrogen functional groups attached to an aromatic ring is 1. The Morgan fingerprint density at radius 3 is 2.48 bits per heavy atom. The minimum Gasteiger partial charge on any atom is -0.454 e. The number of ketones is 1. The summed E-state index contributed by atoms with van der Waals surface area (Å²) in [5.41, 5.74) is 6.26. The number of para-hydroxylation sites is 1. The molecule has 42 heavy (non-hydrogen) atoms. The Morgan fingerprint density at radius 2 is 1.79 bits per heavy atom. The van der Waals surface area contributed by atoms with Crippen LogP contribution >= 0.6 is 23.2 Å². The molecule has 0 bridgehead atoms. The first kappa shape index (κ1) is 29.3. The first-order valence-electron chi connectivity index (χ1n) is 12.2. The van der Waals surface area contributed by atoms with Crippen molar-refractivity contribution in [2.75, 3.05) is 22.9 Å². The third-order valence-electron chi connectivity index (χ3n) is 6.08. The van der Waals surface area contributed by atoms with Crippen molar-refractivity contribution in [3.05, 3.63) is 93.7 Å². The Morgan fingerprint density at radius 1 is 1.07 bits per heavy atom. The van der Waals surface area contributed by atoms with Crippen molar-refractivity contribution >= 4 is 61.4 Å². The Bertz CT molecular complexity index is 1920. The molecule has 0 unspecified atom stereocenters. The van der Waals surface area contributed by atoms with Gasteiger partial charge in [0.2, 0.25) is 15.8 Å². The number of nitrogens with one attached hydrogen (secondary N) is 2. The molecule has 0 aliphatic carbocycles. The van der Waals surface area contributed by atoms with E-state index in [0.29, 0.717) is 0 Å². The molecule has 2 heterocycles. The molecular weight excluding hydrogens is 618 g/mol. The molecule has 0 saturated heterocycles. The van der Waals surface area contributed by atoms with E-state index in [4.69, 9.17) is 33.7 Å². The van der Waals surface area contributed by atoms with Crippen LogP contribution in [0.3, 0.4) is 0 Å². The molecule has 0 fully saturated rings. The number of aromatic nitrogens is 3. The van der Waals surface area contributed by atoms with Gasteiger partial charge in [0.15, 0.2) is 11.6 Å². The normalized spacial score (nSPS) is 11.6. The van der Waals surface area contributed by atoms with Gasteiger partial charge in [0.1, 0.15) is 23.1 Å². The smallest absolute Gasteiger partial charge is 0.232 e. The molecule has 0 amide bonds. The summed E-state index contributed by atoms with van der Waals surface area (Å²) in [5.74, 6) is -2.60. The van der Waals surface area contributed by atoms with Crippen LogP contribution in [0.5, 0.6) is 11.5 Å². The highest BCUT2D eigenvalue weighted by molar-refractivity contribution is 7.92. The van der Waals surface area contributed by atoms with E-state index in [2.05, 4.69) is 14.8 Å². The number of benzene rings is 3. The average Bonchev–Trinajstić information content (AvgIpc) is 3.51. The SMILES string of the molecule is Nc1c(C(=O)c2cc3cc(F)c(NS(=O)(=O)CCCF)cc3[nH]2)cnn1-c1c(Cl)cc(Oc2ccccc2F)cc1Cl. The summed E-state index contributed by atoms with van der Waals surface area (Å²) in [6.45, 7) is -0.835. The number of nitrogens with two attached hydrogens (primary N) is 1. The van der Waals surface area contributed by atoms with Crippen molar-refractivity contribution in [3.63, 3.8) is 0 Å². The van der Waals surface area contributed by atoms with Gasteiger partial charge in [0.05, 0.1) is 45.6 Å². The van der Waals surface area contributed by atoms with Gasteiger partial charge in [-0.25, -0.2) is 21.9 Å². The number of aromatic amines is 1. The maximum absolute atomic E-state index is 14.6. The van der Waals surface area contributed by atoms with E-state index in [0.717, 1.165) is 10.7 Å². The molecule has 0 radical (unpaired) electrons. The lowest BCUT2D eigenvalue weighted by molar-refractivity contribution is 0.103. The lowest BCUT2D eigenvalue weighted by Crippen LogP contribution is -2.17. The molecule has 0 spiro atoms. The number of fused-ring (bicyclic) bond motifs is 1. The maximum Gasteiger partial charge on any atom is 0.232 e. The van der Waals surface area contributed by atoms with Crippen molar-refractivity contribution in [2.24, 2.45) is 0 Å². The van der Waals surface area contributed by atoms with Crippen LogP contribution in [-0.4, -0.2) is 41.4 Å². The van der Waals surface area contributed by atoms with Crippen LogP contribution in [0.1, 0.15) is 22.5 Å². The fourth-order valence-electron chi connectivity index (χ4n) is 4.13. The summed E-state index contributed by atoms with van der Waals surface area (Å²) in [5, 5.41) is 4.53. The van der Waals surface area contributed by atoms with Gasteiger partial charge in [0, 0.05) is 23.0 Å². The molecule has 218 valence electrons. The number of rotatable bonds is 10. The van der Waals surface area contributed by atoms with Crippen molar-refractivity contribution < 1.29 is 31.1 Å². The standard InChI is InChI=1S/C27H20Cl2F3N5O4S/c28-17-10-15(41-24-5-2-1-4-19(24)31)11-18(29)25(17)37-27(33)16(13-34-37)26(38)23-9-14-8-20(32)22(12-21(14)35-23)36-42(39,40)7-3-6-30/h1-2,4-5,8-13,35-36H,3,6-7,33H2. The number of sulfonamides is 1. The van der Waals surface area contributed by atoms with Gasteiger partial charge < -0.3 is 15.5 Å². The van der Waals surface area contributed by atoms with Gasteiger partial charge >= 0.3 is 0 Å².